The van der Waals surface area contributed by atoms with E-state index in [1.807, 2.05) is 0 Å². The zero-order valence-corrected chi connectivity index (χ0v) is 10.0. The van der Waals surface area contributed by atoms with Crippen molar-refractivity contribution in [2.24, 2.45) is 0 Å². The number of rotatable bonds is 2. The van der Waals surface area contributed by atoms with Crippen molar-refractivity contribution < 1.29 is 0 Å². The highest BCUT2D eigenvalue weighted by Crippen LogP contribution is 2.30. The first-order valence-electron chi connectivity index (χ1n) is 5.98. The summed E-state index contributed by atoms with van der Waals surface area (Å²) >= 11 is 5.31. The number of hydrogen-bond acceptors (Lipinski definition) is 1. The van der Waals surface area contributed by atoms with Crippen LogP contribution in [-0.2, 0) is 6.42 Å². The molecule has 0 heterocycles. The van der Waals surface area contributed by atoms with E-state index >= 15 is 0 Å². The molecule has 0 saturated heterocycles. The molecule has 16 heavy (non-hydrogen) atoms. The highest BCUT2D eigenvalue weighted by molar-refractivity contribution is 7.80. The minimum absolute atomic E-state index is 0.412. The maximum absolute atomic E-state index is 5.31. The van der Waals surface area contributed by atoms with Gasteiger partial charge in [0.25, 0.3) is 0 Å². The maximum Gasteiger partial charge on any atom is 0.166 e. The molecule has 2 nitrogen and oxygen atoms in total. The van der Waals surface area contributed by atoms with E-state index in [9.17, 15) is 0 Å². The average Bonchev–Trinajstić information content (AvgIpc) is 3.00. The van der Waals surface area contributed by atoms with Crippen molar-refractivity contribution in [3.8, 4) is 0 Å². The maximum atomic E-state index is 5.31. The molecule has 2 aliphatic carbocycles. The molecule has 0 bridgehead atoms. The van der Waals surface area contributed by atoms with Crippen LogP contribution in [0.15, 0.2) is 24.3 Å². The first-order valence-corrected chi connectivity index (χ1v) is 6.38. The lowest BCUT2D eigenvalue weighted by atomic mass is 10.1. The third kappa shape index (κ3) is 2.05. The summed E-state index contributed by atoms with van der Waals surface area (Å²) < 4.78 is 0. The summed E-state index contributed by atoms with van der Waals surface area (Å²) in [6, 6.07) is 9.69. The van der Waals surface area contributed by atoms with Gasteiger partial charge in [0.1, 0.15) is 0 Å². The van der Waals surface area contributed by atoms with Crippen LogP contribution in [-0.4, -0.2) is 11.2 Å². The lowest BCUT2D eigenvalue weighted by Crippen LogP contribution is -2.38. The van der Waals surface area contributed by atoms with Crippen molar-refractivity contribution in [1.29, 1.82) is 0 Å². The summed E-state index contributed by atoms with van der Waals surface area (Å²) in [5, 5.41) is 7.58. The molecule has 1 fully saturated rings. The first-order chi connectivity index (χ1) is 7.83. The van der Waals surface area contributed by atoms with Gasteiger partial charge in [-0.3, -0.25) is 0 Å². The quantitative estimate of drug-likeness (QED) is 0.765. The molecule has 2 N–H and O–H groups in total. The van der Waals surface area contributed by atoms with E-state index < -0.39 is 0 Å². The van der Waals surface area contributed by atoms with Crippen LogP contribution in [0.2, 0.25) is 0 Å². The monoisotopic (exact) mass is 232 g/mol. The van der Waals surface area contributed by atoms with E-state index in [0.717, 1.165) is 11.5 Å². The van der Waals surface area contributed by atoms with Crippen LogP contribution in [0.1, 0.15) is 36.4 Å². The van der Waals surface area contributed by atoms with Gasteiger partial charge in [0, 0.05) is 6.04 Å². The SMILES string of the molecule is S=C(NC1CC1)NC1CCc2ccccc21. The van der Waals surface area contributed by atoms with Gasteiger partial charge in [0.2, 0.25) is 0 Å². The normalized spacial score (nSPS) is 22.6. The van der Waals surface area contributed by atoms with Gasteiger partial charge in [-0.25, -0.2) is 0 Å². The standard InChI is InChI=1S/C13H16N2S/c16-13(14-10-6-7-10)15-12-8-5-9-3-1-2-4-11(9)12/h1-4,10,12H,5-8H2,(H2,14,15,16). The molecule has 1 saturated carbocycles. The molecule has 0 radical (unpaired) electrons. The van der Waals surface area contributed by atoms with E-state index in [2.05, 4.69) is 34.9 Å². The second kappa shape index (κ2) is 4.06. The van der Waals surface area contributed by atoms with Crippen LogP contribution in [0.3, 0.4) is 0 Å². The molecule has 84 valence electrons. The van der Waals surface area contributed by atoms with Crippen molar-refractivity contribution in [3.63, 3.8) is 0 Å². The molecule has 1 aromatic carbocycles. The molecule has 0 amide bonds. The van der Waals surface area contributed by atoms with Crippen LogP contribution >= 0.6 is 12.2 Å². The Morgan fingerprint density at radius 2 is 1.94 bits per heavy atom. The van der Waals surface area contributed by atoms with E-state index in [1.165, 1.54) is 30.4 Å². The fourth-order valence-corrected chi connectivity index (χ4v) is 2.63. The second-order valence-corrected chi connectivity index (χ2v) is 5.09. The molecular weight excluding hydrogens is 216 g/mol. The van der Waals surface area contributed by atoms with Crippen LogP contribution in [0, 0.1) is 0 Å². The zero-order valence-electron chi connectivity index (χ0n) is 9.20. The largest absolute Gasteiger partial charge is 0.360 e. The smallest absolute Gasteiger partial charge is 0.166 e. The fraction of sp³-hybridized carbons (Fsp3) is 0.462. The molecule has 3 rings (SSSR count). The lowest BCUT2D eigenvalue weighted by Gasteiger charge is -2.17. The van der Waals surface area contributed by atoms with Crippen molar-refractivity contribution in [2.75, 3.05) is 0 Å². The van der Waals surface area contributed by atoms with Crippen LogP contribution in [0.4, 0.5) is 0 Å². The fourth-order valence-electron chi connectivity index (χ4n) is 2.32. The molecule has 2 aliphatic rings. The third-order valence-electron chi connectivity index (χ3n) is 3.35. The number of benzene rings is 1. The molecule has 3 heteroatoms. The van der Waals surface area contributed by atoms with Crippen LogP contribution < -0.4 is 10.6 Å². The highest BCUT2D eigenvalue weighted by atomic mass is 32.1. The van der Waals surface area contributed by atoms with E-state index in [-0.39, 0.29) is 0 Å². The Morgan fingerprint density at radius 3 is 2.75 bits per heavy atom. The van der Waals surface area contributed by atoms with Gasteiger partial charge >= 0.3 is 0 Å². The van der Waals surface area contributed by atoms with Crippen molar-refractivity contribution in [1.82, 2.24) is 10.6 Å². The highest BCUT2D eigenvalue weighted by Gasteiger charge is 2.25. The Morgan fingerprint density at radius 1 is 1.12 bits per heavy atom. The summed E-state index contributed by atoms with van der Waals surface area (Å²) in [7, 11) is 0. The predicted octanol–water partition coefficient (Wildman–Crippen LogP) is 2.30. The number of thiocarbonyl (C=S) groups is 1. The predicted molar refractivity (Wildman–Crippen MR) is 69.4 cm³/mol. The van der Waals surface area contributed by atoms with Crippen molar-refractivity contribution in [2.45, 2.75) is 37.8 Å². The molecule has 1 atom stereocenters. The molecule has 0 aliphatic heterocycles. The summed E-state index contributed by atoms with van der Waals surface area (Å²) in [5.41, 5.74) is 2.89. The number of aryl methyl sites for hydroxylation is 1. The van der Waals surface area contributed by atoms with Gasteiger partial charge in [-0.15, -0.1) is 0 Å². The number of hydrogen-bond donors (Lipinski definition) is 2. The van der Waals surface area contributed by atoms with Crippen LogP contribution in [0.5, 0.6) is 0 Å². The van der Waals surface area contributed by atoms with E-state index in [0.29, 0.717) is 12.1 Å². The second-order valence-electron chi connectivity index (χ2n) is 4.68. The summed E-state index contributed by atoms with van der Waals surface area (Å²) in [5.74, 6) is 0. The van der Waals surface area contributed by atoms with Gasteiger partial charge in [0.15, 0.2) is 5.11 Å². The minimum Gasteiger partial charge on any atom is -0.360 e. The van der Waals surface area contributed by atoms with Gasteiger partial charge < -0.3 is 10.6 Å². The molecule has 0 aromatic heterocycles. The summed E-state index contributed by atoms with van der Waals surface area (Å²) in [6.45, 7) is 0. The van der Waals surface area contributed by atoms with Gasteiger partial charge in [0.05, 0.1) is 6.04 Å². The Hall–Kier alpha value is -1.09. The van der Waals surface area contributed by atoms with Gasteiger partial charge in [-0.2, -0.15) is 0 Å². The Balaban J connectivity index is 1.65. The molecule has 0 spiro atoms. The van der Waals surface area contributed by atoms with Crippen molar-refractivity contribution in [3.05, 3.63) is 35.4 Å². The summed E-state index contributed by atoms with van der Waals surface area (Å²) in [6.07, 6.45) is 4.86. The van der Waals surface area contributed by atoms with E-state index in [4.69, 9.17) is 12.2 Å². The summed E-state index contributed by atoms with van der Waals surface area (Å²) in [4.78, 5) is 0. The zero-order chi connectivity index (χ0) is 11.0. The molecule has 1 unspecified atom stereocenters. The van der Waals surface area contributed by atoms with Crippen molar-refractivity contribution >= 4 is 17.3 Å². The number of nitrogens with one attached hydrogen (secondary N) is 2. The Bertz CT molecular complexity index is 412. The minimum atomic E-state index is 0.412. The number of fused-ring (bicyclic) bond motifs is 1. The topological polar surface area (TPSA) is 24.1 Å². The van der Waals surface area contributed by atoms with Gasteiger partial charge in [-0.05, 0) is 49.0 Å². The average molecular weight is 232 g/mol. The lowest BCUT2D eigenvalue weighted by molar-refractivity contribution is 0.629. The molecule has 1 aromatic rings. The Labute approximate surface area is 101 Å². The van der Waals surface area contributed by atoms with E-state index in [1.54, 1.807) is 0 Å². The first kappa shape index (κ1) is 10.1. The van der Waals surface area contributed by atoms with Crippen LogP contribution in [0.25, 0.3) is 0 Å². The third-order valence-corrected chi connectivity index (χ3v) is 3.59. The van der Waals surface area contributed by atoms with Gasteiger partial charge in [-0.1, -0.05) is 24.3 Å². The molecular formula is C13H16N2S. The Kier molecular flexibility index (Phi) is 2.56.